The number of aromatic nitrogens is 1. The summed E-state index contributed by atoms with van der Waals surface area (Å²) >= 11 is 0. The highest BCUT2D eigenvalue weighted by Gasteiger charge is 2.17. The molecule has 0 atom stereocenters. The molecule has 2 aromatic heterocycles. The van der Waals surface area contributed by atoms with Gasteiger partial charge >= 0.3 is 0 Å². The number of furan rings is 1. The second-order valence-electron chi connectivity index (χ2n) is 7.35. The lowest BCUT2D eigenvalue weighted by atomic mass is 10.1. The Morgan fingerprint density at radius 3 is 2.59 bits per heavy atom. The molecule has 1 aliphatic rings. The van der Waals surface area contributed by atoms with Gasteiger partial charge in [-0.2, -0.15) is 0 Å². The van der Waals surface area contributed by atoms with E-state index in [4.69, 9.17) is 4.42 Å². The first-order valence-electron chi connectivity index (χ1n) is 10.2. The van der Waals surface area contributed by atoms with Gasteiger partial charge in [-0.15, -0.1) is 0 Å². The van der Waals surface area contributed by atoms with Crippen LogP contribution < -0.4 is 5.32 Å². The Bertz CT molecular complexity index is 990. The van der Waals surface area contributed by atoms with Crippen LogP contribution in [0.2, 0.25) is 0 Å². The van der Waals surface area contributed by atoms with E-state index in [0.717, 1.165) is 36.8 Å². The Morgan fingerprint density at radius 1 is 1.03 bits per heavy atom. The number of pyridine rings is 1. The Morgan fingerprint density at radius 2 is 1.83 bits per heavy atom. The molecular formula is C23H25N3O3. The molecule has 0 radical (unpaired) electrons. The molecule has 1 N–H and O–H groups in total. The van der Waals surface area contributed by atoms with Gasteiger partial charge in [0.2, 0.25) is 5.91 Å². The van der Waals surface area contributed by atoms with Crippen LogP contribution in [0.25, 0.3) is 22.4 Å². The molecule has 6 nitrogen and oxygen atoms in total. The van der Waals surface area contributed by atoms with E-state index in [1.807, 2.05) is 35.2 Å². The van der Waals surface area contributed by atoms with Crippen LogP contribution in [0.15, 0.2) is 53.1 Å². The number of carbonyl (C=O) groups excluding carboxylic acids is 2. The van der Waals surface area contributed by atoms with Crippen molar-refractivity contribution in [2.24, 2.45) is 0 Å². The topological polar surface area (TPSA) is 75.4 Å². The number of nitrogens with zero attached hydrogens (tertiary/aromatic N) is 2. The van der Waals surface area contributed by atoms with Crippen LogP contribution in [-0.4, -0.2) is 41.3 Å². The van der Waals surface area contributed by atoms with Gasteiger partial charge in [-0.1, -0.05) is 31.0 Å². The van der Waals surface area contributed by atoms with Gasteiger partial charge < -0.3 is 14.6 Å². The molecule has 3 aromatic rings. The predicted octanol–water partition coefficient (Wildman–Crippen LogP) is 4.02. The van der Waals surface area contributed by atoms with E-state index in [-0.39, 0.29) is 11.8 Å². The fraction of sp³-hybridized carbons (Fsp3) is 0.348. The van der Waals surface area contributed by atoms with Crippen LogP contribution in [0.1, 0.15) is 42.5 Å². The van der Waals surface area contributed by atoms with E-state index in [0.29, 0.717) is 30.0 Å². The van der Waals surface area contributed by atoms with Gasteiger partial charge in [-0.3, -0.25) is 9.59 Å². The maximum Gasteiger partial charge on any atom is 0.252 e. The highest BCUT2D eigenvalue weighted by atomic mass is 16.3. The third kappa shape index (κ3) is 4.47. The van der Waals surface area contributed by atoms with Crippen molar-refractivity contribution in [2.45, 2.75) is 32.1 Å². The van der Waals surface area contributed by atoms with Crippen LogP contribution in [0, 0.1) is 0 Å². The number of likely N-dealkylation sites (tertiary alicyclic amines) is 1. The summed E-state index contributed by atoms with van der Waals surface area (Å²) in [6.07, 6.45) is 6.41. The lowest BCUT2D eigenvalue weighted by Gasteiger charge is -2.20. The lowest BCUT2D eigenvalue weighted by Crippen LogP contribution is -2.35. The highest BCUT2D eigenvalue weighted by molar-refractivity contribution is 6.07. The minimum Gasteiger partial charge on any atom is -0.463 e. The van der Waals surface area contributed by atoms with Gasteiger partial charge in [-0.25, -0.2) is 4.98 Å². The van der Waals surface area contributed by atoms with Crippen molar-refractivity contribution < 1.29 is 14.0 Å². The largest absolute Gasteiger partial charge is 0.463 e. The van der Waals surface area contributed by atoms with E-state index in [2.05, 4.69) is 10.3 Å². The first-order chi connectivity index (χ1) is 14.2. The fourth-order valence-corrected chi connectivity index (χ4v) is 3.77. The summed E-state index contributed by atoms with van der Waals surface area (Å²) in [6, 6.07) is 12.9. The third-order valence-corrected chi connectivity index (χ3v) is 5.32. The molecule has 29 heavy (non-hydrogen) atoms. The van der Waals surface area contributed by atoms with E-state index in [9.17, 15) is 9.59 Å². The quantitative estimate of drug-likeness (QED) is 0.713. The average Bonchev–Trinajstić information content (AvgIpc) is 3.15. The standard InChI is InChI=1S/C23H25N3O3/c27-22(26-13-5-1-2-6-14-26)11-12-24-23(28)18-16-20(21-10-7-15-29-21)25-19-9-4-3-8-17(18)19/h3-4,7-10,15-16H,1-2,5-6,11-14H2,(H,24,28). The summed E-state index contributed by atoms with van der Waals surface area (Å²) in [6.45, 7) is 1.98. The molecule has 150 valence electrons. The number of rotatable bonds is 5. The number of carbonyl (C=O) groups is 2. The van der Waals surface area contributed by atoms with Crippen LogP contribution in [0.3, 0.4) is 0 Å². The first-order valence-corrected chi connectivity index (χ1v) is 10.2. The minimum atomic E-state index is -0.208. The van der Waals surface area contributed by atoms with Crippen LogP contribution in [-0.2, 0) is 4.79 Å². The number of nitrogens with one attached hydrogen (secondary N) is 1. The number of hydrogen-bond donors (Lipinski definition) is 1. The van der Waals surface area contributed by atoms with E-state index < -0.39 is 0 Å². The molecule has 0 spiro atoms. The smallest absolute Gasteiger partial charge is 0.252 e. The second-order valence-corrected chi connectivity index (χ2v) is 7.35. The van der Waals surface area contributed by atoms with Gasteiger partial charge in [0.1, 0.15) is 5.69 Å². The summed E-state index contributed by atoms with van der Waals surface area (Å²) < 4.78 is 5.45. The molecule has 4 rings (SSSR count). The molecule has 6 heteroatoms. The molecule has 0 aliphatic carbocycles. The number of amides is 2. The van der Waals surface area contributed by atoms with Crippen molar-refractivity contribution >= 4 is 22.7 Å². The highest BCUT2D eigenvalue weighted by Crippen LogP contribution is 2.25. The molecule has 0 saturated carbocycles. The Labute approximate surface area is 169 Å². The van der Waals surface area contributed by atoms with Gasteiger partial charge in [0.05, 0.1) is 17.3 Å². The van der Waals surface area contributed by atoms with Crippen molar-refractivity contribution in [1.82, 2.24) is 15.2 Å². The predicted molar refractivity (Wildman–Crippen MR) is 111 cm³/mol. The number of para-hydroxylation sites is 1. The van der Waals surface area contributed by atoms with Gasteiger partial charge in [0, 0.05) is 31.4 Å². The summed E-state index contributed by atoms with van der Waals surface area (Å²) in [5, 5.41) is 3.68. The average molecular weight is 391 g/mol. The Hall–Kier alpha value is -3.15. The van der Waals surface area contributed by atoms with Crippen molar-refractivity contribution in [2.75, 3.05) is 19.6 Å². The molecule has 0 bridgehead atoms. The molecule has 1 aliphatic heterocycles. The van der Waals surface area contributed by atoms with Crippen molar-refractivity contribution in [3.8, 4) is 11.5 Å². The SMILES string of the molecule is O=C(NCCC(=O)N1CCCCCC1)c1cc(-c2ccco2)nc2ccccc12. The number of fused-ring (bicyclic) bond motifs is 1. The van der Waals surface area contributed by atoms with Crippen molar-refractivity contribution in [1.29, 1.82) is 0 Å². The van der Waals surface area contributed by atoms with Crippen LogP contribution >= 0.6 is 0 Å². The molecule has 2 amide bonds. The van der Waals surface area contributed by atoms with Gasteiger partial charge in [0.15, 0.2) is 5.76 Å². The maximum absolute atomic E-state index is 12.9. The van der Waals surface area contributed by atoms with Gasteiger partial charge in [0.25, 0.3) is 5.91 Å². The van der Waals surface area contributed by atoms with E-state index in [1.165, 1.54) is 12.8 Å². The van der Waals surface area contributed by atoms with E-state index >= 15 is 0 Å². The zero-order valence-corrected chi connectivity index (χ0v) is 16.4. The summed E-state index contributed by atoms with van der Waals surface area (Å²) in [4.78, 5) is 31.9. The van der Waals surface area contributed by atoms with Crippen molar-refractivity contribution in [3.05, 3.63) is 54.3 Å². The van der Waals surface area contributed by atoms with E-state index in [1.54, 1.807) is 18.4 Å². The second kappa shape index (κ2) is 8.90. The third-order valence-electron chi connectivity index (χ3n) is 5.32. The lowest BCUT2D eigenvalue weighted by molar-refractivity contribution is -0.131. The zero-order chi connectivity index (χ0) is 20.1. The molecule has 1 aromatic carbocycles. The molecular weight excluding hydrogens is 366 g/mol. The molecule has 3 heterocycles. The summed E-state index contributed by atoms with van der Waals surface area (Å²) in [5.74, 6) is 0.518. The minimum absolute atomic E-state index is 0.114. The van der Waals surface area contributed by atoms with Crippen LogP contribution in [0.5, 0.6) is 0 Å². The number of hydrogen-bond acceptors (Lipinski definition) is 4. The molecule has 0 unspecified atom stereocenters. The molecule has 1 saturated heterocycles. The maximum atomic E-state index is 12.9. The van der Waals surface area contributed by atoms with Crippen molar-refractivity contribution in [3.63, 3.8) is 0 Å². The monoisotopic (exact) mass is 391 g/mol. The summed E-state index contributed by atoms with van der Waals surface area (Å²) in [7, 11) is 0. The fourth-order valence-electron chi connectivity index (χ4n) is 3.77. The Balaban J connectivity index is 1.47. The van der Waals surface area contributed by atoms with Crippen LogP contribution in [0.4, 0.5) is 0 Å². The number of benzene rings is 1. The normalized spacial score (nSPS) is 14.6. The zero-order valence-electron chi connectivity index (χ0n) is 16.4. The summed E-state index contributed by atoms with van der Waals surface area (Å²) in [5.41, 5.74) is 1.87. The Kier molecular flexibility index (Phi) is 5.89. The molecule has 1 fully saturated rings. The van der Waals surface area contributed by atoms with Gasteiger partial charge in [-0.05, 0) is 37.1 Å². The first kappa shape index (κ1) is 19.2.